The van der Waals surface area contributed by atoms with Gasteiger partial charge in [-0.15, -0.1) is 0 Å². The molecule has 2 atom stereocenters. The Morgan fingerprint density at radius 1 is 1.45 bits per heavy atom. The molecule has 0 bridgehead atoms. The van der Waals surface area contributed by atoms with E-state index in [2.05, 4.69) is 22.3 Å². The number of hydrogen-bond acceptors (Lipinski definition) is 3. The Hall–Kier alpha value is -1.86. The fourth-order valence-corrected chi connectivity index (χ4v) is 2.64. The van der Waals surface area contributed by atoms with Crippen molar-refractivity contribution in [3.63, 3.8) is 0 Å². The van der Waals surface area contributed by atoms with E-state index >= 15 is 0 Å². The molecule has 0 saturated carbocycles. The molecular formula is C16H21N3O. The number of nitrogens with one attached hydrogen (secondary N) is 1. The van der Waals surface area contributed by atoms with Crippen molar-refractivity contribution >= 4 is 5.91 Å². The van der Waals surface area contributed by atoms with Gasteiger partial charge in [-0.2, -0.15) is 5.26 Å². The first-order chi connectivity index (χ1) is 9.70. The number of piperidine rings is 1. The van der Waals surface area contributed by atoms with E-state index in [0.717, 1.165) is 32.4 Å². The van der Waals surface area contributed by atoms with Gasteiger partial charge in [-0.25, -0.2) is 0 Å². The van der Waals surface area contributed by atoms with Crippen molar-refractivity contribution in [2.24, 2.45) is 0 Å². The summed E-state index contributed by atoms with van der Waals surface area (Å²) in [6.07, 6.45) is 3.07. The third kappa shape index (κ3) is 3.82. The van der Waals surface area contributed by atoms with Crippen molar-refractivity contribution in [1.29, 1.82) is 5.26 Å². The van der Waals surface area contributed by atoms with Crippen LogP contribution >= 0.6 is 0 Å². The first kappa shape index (κ1) is 14.5. The number of nitriles is 1. The molecule has 1 amide bonds. The minimum Gasteiger partial charge on any atom is -0.339 e. The summed E-state index contributed by atoms with van der Waals surface area (Å²) in [5, 5.41) is 11.6. The van der Waals surface area contributed by atoms with E-state index in [1.807, 2.05) is 24.3 Å². The maximum atomic E-state index is 12.3. The Morgan fingerprint density at radius 3 is 2.90 bits per heavy atom. The third-order valence-corrected chi connectivity index (χ3v) is 3.70. The minimum absolute atomic E-state index is 0.0188. The van der Waals surface area contributed by atoms with E-state index in [4.69, 9.17) is 5.26 Å². The summed E-state index contributed by atoms with van der Waals surface area (Å²) >= 11 is 0. The summed E-state index contributed by atoms with van der Waals surface area (Å²) in [7, 11) is 0. The van der Waals surface area contributed by atoms with Crippen LogP contribution in [0.3, 0.4) is 0 Å². The zero-order valence-corrected chi connectivity index (χ0v) is 11.9. The van der Waals surface area contributed by atoms with Crippen LogP contribution in [0.25, 0.3) is 0 Å². The van der Waals surface area contributed by atoms with E-state index in [1.54, 1.807) is 6.92 Å². The zero-order valence-electron chi connectivity index (χ0n) is 11.9. The summed E-state index contributed by atoms with van der Waals surface area (Å²) in [4.78, 5) is 14.5. The predicted molar refractivity (Wildman–Crippen MR) is 77.7 cm³/mol. The fraction of sp³-hybridized carbons (Fsp3) is 0.500. The molecule has 1 aliphatic heterocycles. The molecule has 20 heavy (non-hydrogen) atoms. The van der Waals surface area contributed by atoms with Crippen molar-refractivity contribution < 1.29 is 4.79 Å². The lowest BCUT2D eigenvalue weighted by atomic mass is 10.00. The molecule has 0 radical (unpaired) electrons. The van der Waals surface area contributed by atoms with Crippen molar-refractivity contribution in [2.75, 3.05) is 6.54 Å². The summed E-state index contributed by atoms with van der Waals surface area (Å²) in [6.45, 7) is 3.44. The maximum absolute atomic E-state index is 12.3. The molecule has 0 aliphatic carbocycles. The van der Waals surface area contributed by atoms with E-state index in [9.17, 15) is 4.79 Å². The third-order valence-electron chi connectivity index (χ3n) is 3.70. The highest BCUT2D eigenvalue weighted by Gasteiger charge is 2.29. The van der Waals surface area contributed by atoms with Crippen LogP contribution in [0.4, 0.5) is 0 Å². The number of nitrogens with zero attached hydrogens (tertiary/aromatic N) is 2. The van der Waals surface area contributed by atoms with Crippen LogP contribution in [0.2, 0.25) is 0 Å². The quantitative estimate of drug-likeness (QED) is 0.912. The second kappa shape index (κ2) is 7.06. The molecular weight excluding hydrogens is 250 g/mol. The van der Waals surface area contributed by atoms with Gasteiger partial charge in [0.05, 0.1) is 12.1 Å². The van der Waals surface area contributed by atoms with Gasteiger partial charge in [0, 0.05) is 6.54 Å². The molecule has 4 heteroatoms. The van der Waals surface area contributed by atoms with Gasteiger partial charge in [0.1, 0.15) is 6.04 Å². The number of benzene rings is 1. The van der Waals surface area contributed by atoms with Crippen LogP contribution < -0.4 is 5.32 Å². The minimum atomic E-state index is -0.428. The smallest absolute Gasteiger partial charge is 0.238 e. The lowest BCUT2D eigenvalue weighted by Gasteiger charge is -2.34. The second-order valence-corrected chi connectivity index (χ2v) is 5.33. The lowest BCUT2D eigenvalue weighted by Crippen LogP contribution is -2.50. The van der Waals surface area contributed by atoms with Crippen molar-refractivity contribution in [2.45, 2.75) is 44.8 Å². The molecule has 1 aromatic carbocycles. The normalized spacial score (nSPS) is 20.9. The summed E-state index contributed by atoms with van der Waals surface area (Å²) in [6, 6.07) is 11.7. The van der Waals surface area contributed by atoms with E-state index in [1.165, 1.54) is 5.56 Å². The molecule has 0 aromatic heterocycles. The number of amides is 1. The van der Waals surface area contributed by atoms with E-state index in [0.29, 0.717) is 0 Å². The van der Waals surface area contributed by atoms with Crippen LogP contribution in [0, 0.1) is 11.3 Å². The largest absolute Gasteiger partial charge is 0.339 e. The van der Waals surface area contributed by atoms with Gasteiger partial charge in [0.2, 0.25) is 5.91 Å². The molecule has 1 fully saturated rings. The van der Waals surface area contributed by atoms with Crippen LogP contribution in [-0.2, 0) is 11.3 Å². The number of carbonyl (C=O) groups excluding carboxylic acids is 1. The van der Waals surface area contributed by atoms with Crippen molar-refractivity contribution in [3.05, 3.63) is 35.9 Å². The highest BCUT2D eigenvalue weighted by molar-refractivity contribution is 5.82. The highest BCUT2D eigenvalue weighted by atomic mass is 16.2. The number of hydrogen-bond donors (Lipinski definition) is 1. The van der Waals surface area contributed by atoms with Crippen molar-refractivity contribution in [3.8, 4) is 6.07 Å². The molecule has 1 N–H and O–H groups in total. The van der Waals surface area contributed by atoms with Gasteiger partial charge in [-0.05, 0) is 31.9 Å². The number of likely N-dealkylation sites (tertiary alicyclic amines) is 1. The molecule has 0 unspecified atom stereocenters. The van der Waals surface area contributed by atoms with Gasteiger partial charge in [0.15, 0.2) is 0 Å². The van der Waals surface area contributed by atoms with Crippen LogP contribution in [0.1, 0.15) is 31.7 Å². The predicted octanol–water partition coefficient (Wildman–Crippen LogP) is 2.07. The van der Waals surface area contributed by atoms with Gasteiger partial charge in [-0.3, -0.25) is 9.69 Å². The maximum Gasteiger partial charge on any atom is 0.238 e. The number of rotatable bonds is 4. The molecule has 1 heterocycles. The van der Waals surface area contributed by atoms with Gasteiger partial charge < -0.3 is 5.32 Å². The van der Waals surface area contributed by atoms with Gasteiger partial charge in [0.25, 0.3) is 0 Å². The molecule has 1 saturated heterocycles. The van der Waals surface area contributed by atoms with E-state index < -0.39 is 6.04 Å². The molecule has 2 rings (SSSR count). The van der Waals surface area contributed by atoms with Gasteiger partial charge >= 0.3 is 0 Å². The molecule has 106 valence electrons. The second-order valence-electron chi connectivity index (χ2n) is 5.33. The molecule has 1 aliphatic rings. The highest BCUT2D eigenvalue weighted by Crippen LogP contribution is 2.20. The summed E-state index contributed by atoms with van der Waals surface area (Å²) in [5.41, 5.74) is 1.22. The average Bonchev–Trinajstić information content (AvgIpc) is 2.48. The Bertz CT molecular complexity index is 480. The first-order valence-corrected chi connectivity index (χ1v) is 7.18. The van der Waals surface area contributed by atoms with Crippen LogP contribution in [0.15, 0.2) is 30.3 Å². The number of carbonyl (C=O) groups is 1. The van der Waals surface area contributed by atoms with Crippen LogP contribution in [0.5, 0.6) is 0 Å². The Balaban J connectivity index is 2.02. The van der Waals surface area contributed by atoms with Gasteiger partial charge in [-0.1, -0.05) is 36.8 Å². The molecule has 4 nitrogen and oxygen atoms in total. The van der Waals surface area contributed by atoms with Crippen LogP contribution in [-0.4, -0.2) is 29.4 Å². The topological polar surface area (TPSA) is 56.1 Å². The van der Waals surface area contributed by atoms with E-state index in [-0.39, 0.29) is 11.9 Å². The fourth-order valence-electron chi connectivity index (χ4n) is 2.64. The zero-order chi connectivity index (χ0) is 14.4. The molecule has 1 aromatic rings. The first-order valence-electron chi connectivity index (χ1n) is 7.18. The Kier molecular flexibility index (Phi) is 5.14. The van der Waals surface area contributed by atoms with Crippen molar-refractivity contribution in [1.82, 2.24) is 10.2 Å². The lowest BCUT2D eigenvalue weighted by molar-refractivity contribution is -0.128. The monoisotopic (exact) mass is 271 g/mol. The SMILES string of the molecule is C[C@@H](C#N)NC(=O)[C@H]1CCCCN1Cc1ccccc1. The molecule has 0 spiro atoms. The average molecular weight is 271 g/mol. The summed E-state index contributed by atoms with van der Waals surface area (Å²) < 4.78 is 0. The Labute approximate surface area is 120 Å². The standard InChI is InChI=1S/C16H21N3O/c1-13(11-17)18-16(20)15-9-5-6-10-19(15)12-14-7-3-2-4-8-14/h2-4,7-8,13,15H,5-6,9-10,12H2,1H3,(H,18,20)/t13-,15+/m0/s1. The Morgan fingerprint density at radius 2 is 2.20 bits per heavy atom. The summed E-state index contributed by atoms with van der Waals surface area (Å²) in [5.74, 6) is -0.0188.